The molecule has 0 saturated heterocycles. The Labute approximate surface area is 154 Å². The van der Waals surface area contributed by atoms with Crippen LogP contribution in [0.4, 0.5) is 0 Å². The molecule has 2 N–H and O–H groups in total. The van der Waals surface area contributed by atoms with Crippen molar-refractivity contribution in [3.05, 3.63) is 58.1 Å². The second kappa shape index (κ2) is 9.18. The molecule has 0 aromatic heterocycles. The van der Waals surface area contributed by atoms with Crippen LogP contribution in [-0.4, -0.2) is 27.2 Å². The Bertz CT molecular complexity index is 688. The first kappa shape index (κ1) is 18.9. The van der Waals surface area contributed by atoms with Crippen molar-refractivity contribution < 1.29 is 9.47 Å². The zero-order valence-electron chi connectivity index (χ0n) is 15.0. The van der Waals surface area contributed by atoms with Gasteiger partial charge in [0, 0.05) is 36.3 Å². The van der Waals surface area contributed by atoms with Crippen molar-refractivity contribution in [2.24, 2.45) is 4.99 Å². The predicted octanol–water partition coefficient (Wildman–Crippen LogP) is 3.53. The smallest absolute Gasteiger partial charge is 0.191 e. The van der Waals surface area contributed by atoms with Gasteiger partial charge in [-0.25, -0.2) is 0 Å². The van der Waals surface area contributed by atoms with Crippen molar-refractivity contribution in [3.8, 4) is 11.5 Å². The maximum atomic E-state index is 5.99. The minimum atomic E-state index is 0.574. The molecule has 6 heteroatoms. The first-order valence-electron chi connectivity index (χ1n) is 7.97. The van der Waals surface area contributed by atoms with E-state index in [9.17, 15) is 0 Å². The maximum absolute atomic E-state index is 5.99. The number of aryl methyl sites for hydroxylation is 1. The molecule has 0 heterocycles. The summed E-state index contributed by atoms with van der Waals surface area (Å²) in [5, 5.41) is 7.21. The second-order valence-electron chi connectivity index (χ2n) is 5.55. The van der Waals surface area contributed by atoms with Crippen LogP contribution in [0.1, 0.15) is 16.7 Å². The topological polar surface area (TPSA) is 54.9 Å². The highest BCUT2D eigenvalue weighted by Gasteiger charge is 2.07. The molecule has 5 nitrogen and oxygen atoms in total. The number of aliphatic imine (C=N–C) groups is 1. The average Bonchev–Trinajstić information content (AvgIpc) is 2.63. The maximum Gasteiger partial charge on any atom is 0.191 e. The molecule has 0 bridgehead atoms. The number of hydrogen-bond acceptors (Lipinski definition) is 3. The average molecular weight is 362 g/mol. The summed E-state index contributed by atoms with van der Waals surface area (Å²) < 4.78 is 10.8. The summed E-state index contributed by atoms with van der Waals surface area (Å²) in [4.78, 5) is 4.25. The van der Waals surface area contributed by atoms with Crippen molar-refractivity contribution in [3.63, 3.8) is 0 Å². The third kappa shape index (κ3) is 5.29. The number of hydrogen-bond donors (Lipinski definition) is 2. The lowest BCUT2D eigenvalue weighted by Gasteiger charge is -2.15. The van der Waals surface area contributed by atoms with Gasteiger partial charge in [-0.1, -0.05) is 29.8 Å². The monoisotopic (exact) mass is 361 g/mol. The van der Waals surface area contributed by atoms with Crippen LogP contribution >= 0.6 is 11.6 Å². The number of methoxy groups -OCH3 is 2. The fourth-order valence-corrected chi connectivity index (χ4v) is 2.60. The highest BCUT2D eigenvalue weighted by atomic mass is 35.5. The summed E-state index contributed by atoms with van der Waals surface area (Å²) in [6.07, 6.45) is 0. The molecule has 25 heavy (non-hydrogen) atoms. The number of rotatable bonds is 6. The van der Waals surface area contributed by atoms with Gasteiger partial charge in [-0.05, 0) is 30.7 Å². The first-order valence-corrected chi connectivity index (χ1v) is 8.35. The van der Waals surface area contributed by atoms with E-state index < -0.39 is 0 Å². The highest BCUT2D eigenvalue weighted by molar-refractivity contribution is 6.30. The van der Waals surface area contributed by atoms with E-state index in [4.69, 9.17) is 21.1 Å². The Hall–Kier alpha value is -2.40. The third-order valence-electron chi connectivity index (χ3n) is 3.81. The first-order chi connectivity index (χ1) is 12.1. The molecule has 0 amide bonds. The van der Waals surface area contributed by atoms with Crippen LogP contribution in [0.3, 0.4) is 0 Å². The summed E-state index contributed by atoms with van der Waals surface area (Å²) >= 11 is 5.99. The molecule has 0 aliphatic carbocycles. The molecule has 0 aliphatic rings. The van der Waals surface area contributed by atoms with E-state index >= 15 is 0 Å². The van der Waals surface area contributed by atoms with Crippen LogP contribution < -0.4 is 20.1 Å². The molecule has 0 saturated carbocycles. The molecule has 2 aromatic carbocycles. The summed E-state index contributed by atoms with van der Waals surface area (Å²) in [7, 11) is 5.05. The van der Waals surface area contributed by atoms with Crippen molar-refractivity contribution in [1.29, 1.82) is 0 Å². The largest absolute Gasteiger partial charge is 0.496 e. The summed E-state index contributed by atoms with van der Waals surface area (Å²) in [5.74, 6) is 2.30. The third-order valence-corrected chi connectivity index (χ3v) is 4.04. The number of halogens is 1. The fraction of sp³-hybridized carbons (Fsp3) is 0.316. The minimum absolute atomic E-state index is 0.574. The molecule has 0 fully saturated rings. The highest BCUT2D eigenvalue weighted by Crippen LogP contribution is 2.23. The fourth-order valence-electron chi connectivity index (χ4n) is 2.44. The number of nitrogens with one attached hydrogen (secondary N) is 2. The lowest BCUT2D eigenvalue weighted by atomic mass is 10.1. The van der Waals surface area contributed by atoms with Gasteiger partial charge >= 0.3 is 0 Å². The minimum Gasteiger partial charge on any atom is -0.496 e. The molecule has 0 aliphatic heterocycles. The molecule has 134 valence electrons. The number of benzene rings is 2. The van der Waals surface area contributed by atoms with Crippen LogP contribution in [0.25, 0.3) is 0 Å². The van der Waals surface area contributed by atoms with Crippen LogP contribution in [-0.2, 0) is 13.1 Å². The van der Waals surface area contributed by atoms with Crippen molar-refractivity contribution in [1.82, 2.24) is 10.6 Å². The van der Waals surface area contributed by atoms with Gasteiger partial charge in [0.25, 0.3) is 0 Å². The van der Waals surface area contributed by atoms with E-state index in [1.54, 1.807) is 27.3 Å². The van der Waals surface area contributed by atoms with E-state index in [-0.39, 0.29) is 0 Å². The van der Waals surface area contributed by atoms with Gasteiger partial charge in [0.05, 0.1) is 14.2 Å². The summed E-state index contributed by atoms with van der Waals surface area (Å²) in [6.45, 7) is 3.23. The van der Waals surface area contributed by atoms with Gasteiger partial charge in [0.1, 0.15) is 11.5 Å². The molecule has 0 spiro atoms. The molecule has 0 unspecified atom stereocenters. The van der Waals surface area contributed by atoms with Crippen molar-refractivity contribution in [2.75, 3.05) is 21.3 Å². The van der Waals surface area contributed by atoms with E-state index in [1.807, 2.05) is 25.1 Å². The quantitative estimate of drug-likeness (QED) is 0.610. The standard InChI is InChI=1S/C19H24ClN3O2/c1-13-5-6-14(17(9-13)24-3)11-22-19(21-2)23-12-15-7-8-16(20)10-18(15)25-4/h5-10H,11-12H2,1-4H3,(H2,21,22,23). The lowest BCUT2D eigenvalue weighted by molar-refractivity contribution is 0.408. The normalized spacial score (nSPS) is 11.2. The summed E-state index contributed by atoms with van der Waals surface area (Å²) in [6, 6.07) is 11.7. The Morgan fingerprint density at radius 1 is 0.960 bits per heavy atom. The predicted molar refractivity (Wildman–Crippen MR) is 103 cm³/mol. The number of guanidine groups is 1. The Morgan fingerprint density at radius 3 is 2.08 bits per heavy atom. The Balaban J connectivity index is 1.98. The van der Waals surface area contributed by atoms with Crippen LogP contribution in [0.2, 0.25) is 5.02 Å². The second-order valence-corrected chi connectivity index (χ2v) is 5.99. The van der Waals surface area contributed by atoms with Gasteiger partial charge in [0.15, 0.2) is 5.96 Å². The van der Waals surface area contributed by atoms with E-state index in [2.05, 4.69) is 27.8 Å². The SMILES string of the molecule is CN=C(NCc1ccc(C)cc1OC)NCc1ccc(Cl)cc1OC. The van der Waals surface area contributed by atoms with Crippen molar-refractivity contribution >= 4 is 17.6 Å². The van der Waals surface area contributed by atoms with Gasteiger partial charge in [-0.15, -0.1) is 0 Å². The summed E-state index contributed by atoms with van der Waals surface area (Å²) in [5.41, 5.74) is 3.24. The molecular weight excluding hydrogens is 338 g/mol. The molecular formula is C19H24ClN3O2. The molecule has 0 atom stereocenters. The molecule has 2 rings (SSSR count). The lowest BCUT2D eigenvalue weighted by Crippen LogP contribution is -2.36. The zero-order chi connectivity index (χ0) is 18.2. The number of ether oxygens (including phenoxy) is 2. The van der Waals surface area contributed by atoms with E-state index in [1.165, 1.54) is 0 Å². The van der Waals surface area contributed by atoms with Gasteiger partial charge in [-0.2, -0.15) is 0 Å². The van der Waals surface area contributed by atoms with Gasteiger partial charge in [-0.3, -0.25) is 4.99 Å². The molecule has 0 radical (unpaired) electrons. The van der Waals surface area contributed by atoms with Crippen molar-refractivity contribution in [2.45, 2.75) is 20.0 Å². The Kier molecular flexibility index (Phi) is 6.95. The van der Waals surface area contributed by atoms with Crippen LogP contribution in [0.5, 0.6) is 11.5 Å². The van der Waals surface area contributed by atoms with Crippen LogP contribution in [0.15, 0.2) is 41.4 Å². The zero-order valence-corrected chi connectivity index (χ0v) is 15.8. The van der Waals surface area contributed by atoms with Gasteiger partial charge in [0.2, 0.25) is 0 Å². The Morgan fingerprint density at radius 2 is 1.52 bits per heavy atom. The van der Waals surface area contributed by atoms with Gasteiger partial charge < -0.3 is 20.1 Å². The number of nitrogens with zero attached hydrogens (tertiary/aromatic N) is 1. The van der Waals surface area contributed by atoms with E-state index in [0.717, 1.165) is 28.2 Å². The van der Waals surface area contributed by atoms with E-state index in [0.29, 0.717) is 24.1 Å². The molecule has 2 aromatic rings. The van der Waals surface area contributed by atoms with Crippen LogP contribution in [0, 0.1) is 6.92 Å².